The highest BCUT2D eigenvalue weighted by molar-refractivity contribution is 7.88. The van der Waals surface area contributed by atoms with Crippen molar-refractivity contribution in [1.29, 1.82) is 0 Å². The largest absolute Gasteiger partial charge is 0.354 e. The molecule has 2 heterocycles. The number of sulfonamides is 1. The number of piperidine rings is 1. The summed E-state index contributed by atoms with van der Waals surface area (Å²) >= 11 is 0. The van der Waals surface area contributed by atoms with Crippen LogP contribution in [0.3, 0.4) is 0 Å². The third-order valence-electron chi connectivity index (χ3n) is 6.49. The minimum atomic E-state index is -3.33. The molecule has 8 nitrogen and oxygen atoms in total. The van der Waals surface area contributed by atoms with Gasteiger partial charge in [0.05, 0.1) is 18.0 Å². The van der Waals surface area contributed by atoms with Gasteiger partial charge in [-0.25, -0.2) is 17.4 Å². The molecule has 2 fully saturated rings. The number of aromatic nitrogens is 3. The van der Waals surface area contributed by atoms with Gasteiger partial charge in [0.2, 0.25) is 10.0 Å². The van der Waals surface area contributed by atoms with E-state index in [0.29, 0.717) is 18.8 Å². The van der Waals surface area contributed by atoms with Gasteiger partial charge in [0.15, 0.2) is 5.69 Å². The topological polar surface area (TPSA) is 97.2 Å². The van der Waals surface area contributed by atoms with Crippen LogP contribution in [0, 0.1) is 12.3 Å². The normalized spacial score (nSPS) is 21.7. The number of amides is 1. The third kappa shape index (κ3) is 3.81. The lowest BCUT2D eigenvalue weighted by Crippen LogP contribution is -2.51. The van der Waals surface area contributed by atoms with Crippen molar-refractivity contribution in [3.8, 4) is 0 Å². The summed E-state index contributed by atoms with van der Waals surface area (Å²) < 4.78 is 29.2. The van der Waals surface area contributed by atoms with Crippen molar-refractivity contribution in [2.75, 3.05) is 20.1 Å². The number of aryl methyl sites for hydroxylation is 1. The predicted molar refractivity (Wildman–Crippen MR) is 109 cm³/mol. The molecule has 9 heteroatoms. The van der Waals surface area contributed by atoms with Crippen molar-refractivity contribution in [2.45, 2.75) is 44.4 Å². The summed E-state index contributed by atoms with van der Waals surface area (Å²) in [5.41, 5.74) is 2.30. The molecule has 1 N–H and O–H groups in total. The number of nitrogens with zero attached hydrogens (tertiary/aromatic N) is 4. The van der Waals surface area contributed by atoms with Crippen LogP contribution in [0.2, 0.25) is 0 Å². The van der Waals surface area contributed by atoms with E-state index in [9.17, 15) is 13.2 Å². The average Bonchev–Trinajstić information content (AvgIpc) is 3.17. The molecule has 1 unspecified atom stereocenters. The summed E-state index contributed by atoms with van der Waals surface area (Å²) in [4.78, 5) is 11.7. The minimum Gasteiger partial charge on any atom is -0.354 e. The van der Waals surface area contributed by atoms with Crippen molar-refractivity contribution in [3.63, 3.8) is 0 Å². The zero-order valence-corrected chi connectivity index (χ0v) is 17.7. The zero-order valence-electron chi connectivity index (χ0n) is 16.8. The van der Waals surface area contributed by atoms with Gasteiger partial charge >= 0.3 is 0 Å². The fraction of sp³-hybridized carbons (Fsp3) is 0.550. The van der Waals surface area contributed by atoms with Gasteiger partial charge in [0.1, 0.15) is 0 Å². The maximum Gasteiger partial charge on any atom is 0.273 e. The highest BCUT2D eigenvalue weighted by Gasteiger charge is 2.50. The SMILES string of the molecule is CNC(=O)c1cn(C2CCC23CCN(S(=O)(=O)Cc2ccc(C)cc2)CC3)nn1. The summed E-state index contributed by atoms with van der Waals surface area (Å²) in [6.45, 7) is 3.05. The lowest BCUT2D eigenvalue weighted by molar-refractivity contribution is -0.0160. The molecule has 29 heavy (non-hydrogen) atoms. The van der Waals surface area contributed by atoms with Gasteiger partial charge in [-0.1, -0.05) is 35.0 Å². The Balaban J connectivity index is 1.41. The lowest BCUT2D eigenvalue weighted by Gasteiger charge is -2.53. The number of nitrogens with one attached hydrogen (secondary N) is 1. The van der Waals surface area contributed by atoms with Crippen LogP contribution < -0.4 is 5.32 Å². The number of carbonyl (C=O) groups excluding carboxylic acids is 1. The Kier molecular flexibility index (Phi) is 5.20. The molecule has 0 bridgehead atoms. The van der Waals surface area contributed by atoms with Crippen molar-refractivity contribution in [3.05, 3.63) is 47.3 Å². The van der Waals surface area contributed by atoms with Crippen LogP contribution in [0.4, 0.5) is 0 Å². The first-order valence-electron chi connectivity index (χ1n) is 10.0. The van der Waals surface area contributed by atoms with Gasteiger partial charge < -0.3 is 5.32 Å². The molecule has 0 radical (unpaired) electrons. The van der Waals surface area contributed by atoms with Crippen molar-refractivity contribution in [2.24, 2.45) is 5.41 Å². The Morgan fingerprint density at radius 2 is 1.90 bits per heavy atom. The van der Waals surface area contributed by atoms with Crippen LogP contribution in [-0.2, 0) is 15.8 Å². The van der Waals surface area contributed by atoms with Gasteiger partial charge in [-0.15, -0.1) is 5.10 Å². The first-order chi connectivity index (χ1) is 13.8. The summed E-state index contributed by atoms with van der Waals surface area (Å²) in [5.74, 6) is -0.205. The highest BCUT2D eigenvalue weighted by atomic mass is 32.2. The van der Waals surface area contributed by atoms with Gasteiger partial charge in [-0.05, 0) is 43.6 Å². The molecule has 1 saturated carbocycles. The Bertz CT molecular complexity index is 991. The van der Waals surface area contributed by atoms with Gasteiger partial charge in [-0.3, -0.25) is 4.79 Å². The summed E-state index contributed by atoms with van der Waals surface area (Å²) in [6.07, 6.45) is 5.34. The smallest absolute Gasteiger partial charge is 0.273 e. The maximum atomic E-state index is 12.9. The van der Waals surface area contributed by atoms with E-state index in [4.69, 9.17) is 0 Å². The number of hydrogen-bond acceptors (Lipinski definition) is 5. The third-order valence-corrected chi connectivity index (χ3v) is 8.34. The molecule has 1 aliphatic carbocycles. The zero-order chi connectivity index (χ0) is 20.6. The molecule has 1 amide bonds. The fourth-order valence-corrected chi connectivity index (χ4v) is 6.07. The van der Waals surface area contributed by atoms with E-state index >= 15 is 0 Å². The van der Waals surface area contributed by atoms with Crippen molar-refractivity contribution in [1.82, 2.24) is 24.6 Å². The van der Waals surface area contributed by atoms with Crippen LogP contribution in [0.25, 0.3) is 0 Å². The van der Waals surface area contributed by atoms with Crippen LogP contribution >= 0.6 is 0 Å². The average molecular weight is 418 g/mol. The maximum absolute atomic E-state index is 12.9. The van der Waals surface area contributed by atoms with Gasteiger partial charge in [-0.2, -0.15) is 0 Å². The molecule has 156 valence electrons. The molecule has 1 aliphatic heterocycles. The predicted octanol–water partition coefficient (Wildman–Crippen LogP) is 1.89. The first-order valence-corrected chi connectivity index (χ1v) is 11.6. The molecule has 2 aliphatic rings. The van der Waals surface area contributed by atoms with E-state index in [-0.39, 0.29) is 23.1 Å². The Labute approximate surface area is 171 Å². The van der Waals surface area contributed by atoms with Gasteiger partial charge in [0, 0.05) is 20.1 Å². The molecule has 4 rings (SSSR count). The minimum absolute atomic E-state index is 0.0439. The van der Waals surface area contributed by atoms with E-state index in [1.54, 1.807) is 22.2 Å². The molecule has 1 aromatic carbocycles. The fourth-order valence-electron chi connectivity index (χ4n) is 4.53. The number of rotatable bonds is 5. The quantitative estimate of drug-likeness (QED) is 0.801. The number of hydrogen-bond donors (Lipinski definition) is 1. The highest BCUT2D eigenvalue weighted by Crippen LogP contribution is 2.56. The molecule has 1 saturated heterocycles. The lowest BCUT2D eigenvalue weighted by atomic mass is 9.59. The van der Waals surface area contributed by atoms with E-state index in [1.165, 1.54) is 0 Å². The summed E-state index contributed by atoms with van der Waals surface area (Å²) in [6, 6.07) is 7.83. The molecule has 2 aromatic rings. The number of benzene rings is 1. The van der Waals surface area contributed by atoms with Crippen LogP contribution in [-0.4, -0.2) is 53.8 Å². The second-order valence-electron chi connectivity index (χ2n) is 8.22. The molecule has 1 atom stereocenters. The second kappa shape index (κ2) is 7.53. The molecular formula is C20H27N5O3S. The monoisotopic (exact) mass is 417 g/mol. The van der Waals surface area contributed by atoms with E-state index in [1.807, 2.05) is 31.2 Å². The van der Waals surface area contributed by atoms with E-state index in [0.717, 1.165) is 36.8 Å². The summed E-state index contributed by atoms with van der Waals surface area (Å²) in [5, 5.41) is 10.7. The standard InChI is InChI=1S/C20H27N5O3S/c1-15-3-5-16(6-4-15)14-29(27,28)24-11-9-20(10-12-24)8-7-18(20)25-13-17(22-23-25)19(26)21-2/h3-6,13,18H,7-12,14H2,1-2H3,(H,21,26). The summed E-state index contributed by atoms with van der Waals surface area (Å²) in [7, 11) is -1.76. The Hall–Kier alpha value is -2.26. The molecule has 1 aromatic heterocycles. The van der Waals surface area contributed by atoms with E-state index in [2.05, 4.69) is 15.6 Å². The second-order valence-corrected chi connectivity index (χ2v) is 10.2. The van der Waals surface area contributed by atoms with Crippen LogP contribution in [0.1, 0.15) is 53.3 Å². The van der Waals surface area contributed by atoms with Crippen LogP contribution in [0.15, 0.2) is 30.5 Å². The Morgan fingerprint density at radius 3 is 2.48 bits per heavy atom. The molecular weight excluding hydrogens is 390 g/mol. The first kappa shape index (κ1) is 20.0. The molecule has 1 spiro atoms. The van der Waals surface area contributed by atoms with E-state index < -0.39 is 10.0 Å². The van der Waals surface area contributed by atoms with Gasteiger partial charge in [0.25, 0.3) is 5.91 Å². The number of carbonyl (C=O) groups is 1. The van der Waals surface area contributed by atoms with Crippen molar-refractivity contribution < 1.29 is 13.2 Å². The van der Waals surface area contributed by atoms with Crippen LogP contribution in [0.5, 0.6) is 0 Å². The Morgan fingerprint density at radius 1 is 1.21 bits per heavy atom. The van der Waals surface area contributed by atoms with Crippen molar-refractivity contribution >= 4 is 15.9 Å².